The molecule has 0 aromatic heterocycles. The summed E-state index contributed by atoms with van der Waals surface area (Å²) in [5.41, 5.74) is 0.879. The average Bonchev–Trinajstić information content (AvgIpc) is 3.04. The number of nitrogens with zero attached hydrogens (tertiary/aromatic N) is 1. The number of halogens is 1. The largest absolute Gasteiger partial charge is 0.491 e. The second-order valence-corrected chi connectivity index (χ2v) is 6.30. The van der Waals surface area contributed by atoms with E-state index in [1.807, 2.05) is 13.0 Å². The molecule has 1 aliphatic heterocycles. The molecule has 3 rings (SSSR count). The predicted octanol–water partition coefficient (Wildman–Crippen LogP) is 4.05. The van der Waals surface area contributed by atoms with Gasteiger partial charge in [0.15, 0.2) is 16.7 Å². The summed E-state index contributed by atoms with van der Waals surface area (Å²) in [6, 6.07) is 4.96. The molecule has 20 heavy (non-hydrogen) atoms. The molecule has 2 aliphatic rings. The number of nitrogens with one attached hydrogen (secondary N) is 1. The lowest BCUT2D eigenvalue weighted by Crippen LogP contribution is -2.21. The van der Waals surface area contributed by atoms with E-state index in [4.69, 9.17) is 9.73 Å². The summed E-state index contributed by atoms with van der Waals surface area (Å²) >= 11 is 1.74. The number of hydrogen-bond donors (Lipinski definition) is 1. The van der Waals surface area contributed by atoms with Crippen molar-refractivity contribution in [1.29, 1.82) is 0 Å². The van der Waals surface area contributed by atoms with Crippen LogP contribution in [0.3, 0.4) is 0 Å². The van der Waals surface area contributed by atoms with Crippen molar-refractivity contribution in [1.82, 2.24) is 0 Å². The molecular formula is C15H19FN2OS. The molecular weight excluding hydrogens is 275 g/mol. The van der Waals surface area contributed by atoms with Gasteiger partial charge in [-0.05, 0) is 31.9 Å². The van der Waals surface area contributed by atoms with Crippen molar-refractivity contribution in [2.24, 2.45) is 4.99 Å². The highest BCUT2D eigenvalue weighted by molar-refractivity contribution is 8.14. The molecule has 5 heteroatoms. The van der Waals surface area contributed by atoms with E-state index in [2.05, 4.69) is 5.32 Å². The first-order chi connectivity index (χ1) is 9.71. The van der Waals surface area contributed by atoms with Crippen LogP contribution in [0.1, 0.15) is 32.6 Å². The van der Waals surface area contributed by atoms with Crippen LogP contribution in [0, 0.1) is 5.82 Å². The standard InChI is InChI=1S/C15H19FN2OS/c1-2-19-13-6-5-11(9-12(13)16)17-14-18-15(10-20-14)7-3-4-8-15/h5-6,9H,2-4,7-8,10H2,1H3,(H,17,18). The number of amidine groups is 1. The smallest absolute Gasteiger partial charge is 0.167 e. The molecule has 1 fully saturated rings. The van der Waals surface area contributed by atoms with Crippen molar-refractivity contribution >= 4 is 22.6 Å². The first-order valence-electron chi connectivity index (χ1n) is 7.13. The number of aliphatic imine (C=N–C) groups is 1. The molecule has 3 nitrogen and oxygen atoms in total. The van der Waals surface area contributed by atoms with Gasteiger partial charge in [-0.3, -0.25) is 4.99 Å². The summed E-state index contributed by atoms with van der Waals surface area (Å²) < 4.78 is 19.0. The van der Waals surface area contributed by atoms with Crippen molar-refractivity contribution < 1.29 is 9.13 Å². The Kier molecular flexibility index (Phi) is 3.87. The maximum atomic E-state index is 13.8. The van der Waals surface area contributed by atoms with Crippen LogP contribution in [0.5, 0.6) is 5.75 Å². The predicted molar refractivity (Wildman–Crippen MR) is 82.3 cm³/mol. The monoisotopic (exact) mass is 294 g/mol. The molecule has 1 aromatic rings. The van der Waals surface area contributed by atoms with Crippen LogP contribution in [0.15, 0.2) is 23.2 Å². The van der Waals surface area contributed by atoms with Crippen LogP contribution in [0.25, 0.3) is 0 Å². The highest BCUT2D eigenvalue weighted by Crippen LogP contribution is 2.41. The third-order valence-electron chi connectivity index (χ3n) is 3.83. The summed E-state index contributed by atoms with van der Waals surface area (Å²) in [5.74, 6) is 1.01. The van der Waals surface area contributed by atoms with Crippen LogP contribution in [-0.2, 0) is 0 Å². The zero-order chi connectivity index (χ0) is 14.0. The van der Waals surface area contributed by atoms with Gasteiger partial charge in [-0.2, -0.15) is 0 Å². The molecule has 1 aromatic carbocycles. The molecule has 0 radical (unpaired) electrons. The van der Waals surface area contributed by atoms with Crippen molar-refractivity contribution in [2.45, 2.75) is 38.1 Å². The molecule has 0 atom stereocenters. The third-order valence-corrected chi connectivity index (χ3v) is 4.98. The minimum atomic E-state index is -0.337. The Morgan fingerprint density at radius 1 is 1.40 bits per heavy atom. The number of benzene rings is 1. The first kappa shape index (κ1) is 13.7. The van der Waals surface area contributed by atoms with Crippen molar-refractivity contribution in [2.75, 3.05) is 17.7 Å². The van der Waals surface area contributed by atoms with Gasteiger partial charge in [0.05, 0.1) is 12.1 Å². The van der Waals surface area contributed by atoms with Crippen molar-refractivity contribution in [3.63, 3.8) is 0 Å². The first-order valence-corrected chi connectivity index (χ1v) is 8.11. The quantitative estimate of drug-likeness (QED) is 0.913. The number of ether oxygens (including phenoxy) is 1. The van der Waals surface area contributed by atoms with Gasteiger partial charge in [0, 0.05) is 17.5 Å². The molecule has 108 valence electrons. The Hall–Kier alpha value is -1.23. The SMILES string of the molecule is CCOc1ccc(NC2=NC3(CCCC3)CS2)cc1F. The molecule has 1 N–H and O–H groups in total. The fourth-order valence-corrected chi connectivity index (χ4v) is 4.02. The van der Waals surface area contributed by atoms with Crippen LogP contribution >= 0.6 is 11.8 Å². The number of thioether (sulfide) groups is 1. The summed E-state index contributed by atoms with van der Waals surface area (Å²) in [5, 5.41) is 4.13. The molecule has 1 saturated carbocycles. The van der Waals surface area contributed by atoms with Gasteiger partial charge < -0.3 is 10.1 Å². The zero-order valence-corrected chi connectivity index (χ0v) is 12.4. The van der Waals surface area contributed by atoms with Gasteiger partial charge in [-0.1, -0.05) is 24.6 Å². The number of anilines is 1. The maximum Gasteiger partial charge on any atom is 0.167 e. The molecule has 0 amide bonds. The Balaban J connectivity index is 1.71. The van der Waals surface area contributed by atoms with Crippen LogP contribution in [0.4, 0.5) is 10.1 Å². The molecule has 0 bridgehead atoms. The second kappa shape index (κ2) is 5.64. The van der Waals surface area contributed by atoms with Crippen LogP contribution < -0.4 is 10.1 Å². The summed E-state index contributed by atoms with van der Waals surface area (Å²) in [7, 11) is 0. The fraction of sp³-hybridized carbons (Fsp3) is 0.533. The van der Waals surface area contributed by atoms with Gasteiger partial charge in [-0.15, -0.1) is 0 Å². The third kappa shape index (κ3) is 2.77. The lowest BCUT2D eigenvalue weighted by Gasteiger charge is -2.16. The Morgan fingerprint density at radius 3 is 2.90 bits per heavy atom. The van der Waals surface area contributed by atoms with Crippen LogP contribution in [-0.4, -0.2) is 23.1 Å². The van der Waals surface area contributed by atoms with E-state index >= 15 is 0 Å². The van der Waals surface area contributed by atoms with E-state index < -0.39 is 0 Å². The van der Waals surface area contributed by atoms with Crippen LogP contribution in [0.2, 0.25) is 0 Å². The highest BCUT2D eigenvalue weighted by atomic mass is 32.2. The van der Waals surface area contributed by atoms with E-state index in [1.165, 1.54) is 31.7 Å². The Labute approximate surface area is 123 Å². The van der Waals surface area contributed by atoms with Crippen molar-refractivity contribution in [3.05, 3.63) is 24.0 Å². The summed E-state index contributed by atoms with van der Waals surface area (Å²) in [6.45, 7) is 2.31. The molecule has 1 spiro atoms. The number of hydrogen-bond acceptors (Lipinski definition) is 4. The number of rotatable bonds is 3. The van der Waals surface area contributed by atoms with Gasteiger partial charge in [0.1, 0.15) is 0 Å². The van der Waals surface area contributed by atoms with E-state index in [1.54, 1.807) is 17.8 Å². The normalized spacial score (nSPS) is 20.2. The minimum absolute atomic E-state index is 0.150. The van der Waals surface area contributed by atoms with Crippen molar-refractivity contribution in [3.8, 4) is 5.75 Å². The minimum Gasteiger partial charge on any atom is -0.491 e. The lowest BCUT2D eigenvalue weighted by molar-refractivity contribution is 0.321. The second-order valence-electron chi connectivity index (χ2n) is 5.34. The lowest BCUT2D eigenvalue weighted by atomic mass is 10.0. The molecule has 0 saturated heterocycles. The highest BCUT2D eigenvalue weighted by Gasteiger charge is 2.38. The fourth-order valence-electron chi connectivity index (χ4n) is 2.81. The zero-order valence-electron chi connectivity index (χ0n) is 11.6. The Bertz CT molecular complexity index is 527. The van der Waals surface area contributed by atoms with Gasteiger partial charge in [-0.25, -0.2) is 4.39 Å². The van der Waals surface area contributed by atoms with E-state index in [9.17, 15) is 4.39 Å². The molecule has 1 aliphatic carbocycles. The summed E-state index contributed by atoms with van der Waals surface area (Å²) in [6.07, 6.45) is 4.91. The topological polar surface area (TPSA) is 33.6 Å². The maximum absolute atomic E-state index is 13.8. The molecule has 0 unspecified atom stereocenters. The average molecular weight is 294 g/mol. The van der Waals surface area contributed by atoms with Gasteiger partial charge in [0.2, 0.25) is 0 Å². The van der Waals surface area contributed by atoms with E-state index in [0.29, 0.717) is 12.4 Å². The Morgan fingerprint density at radius 2 is 2.20 bits per heavy atom. The summed E-state index contributed by atoms with van der Waals surface area (Å²) in [4.78, 5) is 4.82. The molecule has 1 heterocycles. The van der Waals surface area contributed by atoms with Gasteiger partial charge >= 0.3 is 0 Å². The van der Waals surface area contributed by atoms with E-state index in [0.717, 1.165) is 16.6 Å². The van der Waals surface area contributed by atoms with E-state index in [-0.39, 0.29) is 11.4 Å². The van der Waals surface area contributed by atoms with Gasteiger partial charge in [0.25, 0.3) is 0 Å².